The summed E-state index contributed by atoms with van der Waals surface area (Å²) in [5.74, 6) is -0.747. The van der Waals surface area contributed by atoms with Crippen LogP contribution in [0, 0.1) is 6.92 Å². The van der Waals surface area contributed by atoms with Crippen molar-refractivity contribution in [3.8, 4) is 0 Å². The first-order chi connectivity index (χ1) is 11.9. The summed E-state index contributed by atoms with van der Waals surface area (Å²) in [6.07, 6.45) is 3.37. The van der Waals surface area contributed by atoms with Crippen molar-refractivity contribution in [3.63, 3.8) is 0 Å². The number of benzene rings is 1. The van der Waals surface area contributed by atoms with Gasteiger partial charge in [0, 0.05) is 24.1 Å². The smallest absolute Gasteiger partial charge is 0.341 e. The fraction of sp³-hybridized carbons (Fsp3) is 0.278. The van der Waals surface area contributed by atoms with E-state index in [0.717, 1.165) is 11.1 Å². The molecule has 1 amide bonds. The first kappa shape index (κ1) is 19.1. The van der Waals surface area contributed by atoms with E-state index in [2.05, 4.69) is 16.9 Å². The highest BCUT2D eigenvalue weighted by molar-refractivity contribution is 7.24. The molecule has 0 aliphatic carbocycles. The van der Waals surface area contributed by atoms with Crippen molar-refractivity contribution in [2.24, 2.45) is 4.99 Å². The number of nitrogens with zero attached hydrogens (tertiary/aromatic N) is 1. The molecule has 1 heterocycles. The van der Waals surface area contributed by atoms with E-state index in [9.17, 15) is 9.59 Å². The lowest BCUT2D eigenvalue weighted by Gasteiger charge is -2.07. The van der Waals surface area contributed by atoms with E-state index in [-0.39, 0.29) is 12.5 Å². The van der Waals surface area contributed by atoms with Gasteiger partial charge in [-0.25, -0.2) is 4.79 Å². The molecule has 1 aromatic carbocycles. The molecule has 1 N–H and O–H groups in total. The highest BCUT2D eigenvalue weighted by Gasteiger charge is 2.24. The quantitative estimate of drug-likeness (QED) is 0.453. The molecule has 0 spiro atoms. The molecule has 0 bridgehead atoms. The van der Waals surface area contributed by atoms with Crippen LogP contribution in [0.3, 0.4) is 0 Å². The van der Waals surface area contributed by atoms with Gasteiger partial charge in [0.1, 0.15) is 10.6 Å². The second-order valence-corrected chi connectivity index (χ2v) is 6.69. The normalized spacial score (nSPS) is 11.0. The number of ether oxygens (including phenoxy) is 1. The molecule has 2 rings (SSSR count). The molecule has 132 valence electrons. The van der Waals surface area contributed by atoms with Gasteiger partial charge in [-0.3, -0.25) is 9.79 Å². The zero-order chi connectivity index (χ0) is 18.6. The van der Waals surface area contributed by atoms with Crippen molar-refractivity contribution in [2.45, 2.75) is 20.8 Å². The fourth-order valence-corrected chi connectivity index (χ4v) is 4.00. The molecule has 0 unspecified atom stereocenters. The molecular weight excluding hydrogens is 360 g/mol. The Labute approximate surface area is 155 Å². The molecule has 1 aromatic heterocycles. The number of nitrogens with one attached hydrogen (secondary N) is 1. The van der Waals surface area contributed by atoms with Crippen LogP contribution in [-0.2, 0) is 9.53 Å². The number of aryl methyl sites for hydroxylation is 1. The lowest BCUT2D eigenvalue weighted by molar-refractivity contribution is -0.114. The Morgan fingerprint density at radius 1 is 1.48 bits per heavy atom. The van der Waals surface area contributed by atoms with E-state index >= 15 is 0 Å². The summed E-state index contributed by atoms with van der Waals surface area (Å²) in [7, 11) is 0. The zero-order valence-corrected chi connectivity index (χ0v) is 15.9. The Kier molecular flexibility index (Phi) is 6.33. The maximum Gasteiger partial charge on any atom is 0.341 e. The Hall–Kier alpha value is -2.18. The second-order valence-electron chi connectivity index (χ2n) is 5.29. The van der Waals surface area contributed by atoms with Gasteiger partial charge in [-0.2, -0.15) is 0 Å². The molecule has 7 heteroatoms. The molecule has 0 saturated heterocycles. The fourth-order valence-electron chi connectivity index (χ4n) is 2.43. The molecule has 0 fully saturated rings. The third-order valence-electron chi connectivity index (χ3n) is 3.36. The van der Waals surface area contributed by atoms with Gasteiger partial charge in [-0.15, -0.1) is 17.9 Å². The van der Waals surface area contributed by atoms with E-state index in [0.29, 0.717) is 32.2 Å². The van der Waals surface area contributed by atoms with Gasteiger partial charge in [0.05, 0.1) is 22.9 Å². The third-order valence-corrected chi connectivity index (χ3v) is 5.00. The van der Waals surface area contributed by atoms with Crippen molar-refractivity contribution in [3.05, 3.63) is 40.4 Å². The van der Waals surface area contributed by atoms with Gasteiger partial charge in [-0.05, 0) is 25.5 Å². The van der Waals surface area contributed by atoms with Gasteiger partial charge in [0.15, 0.2) is 0 Å². The summed E-state index contributed by atoms with van der Waals surface area (Å²) < 4.78 is 5.87. The minimum Gasteiger partial charge on any atom is -0.462 e. The molecule has 0 aliphatic rings. The molecule has 0 aliphatic heterocycles. The first-order valence-electron chi connectivity index (χ1n) is 7.71. The van der Waals surface area contributed by atoms with E-state index in [1.54, 1.807) is 19.2 Å². The summed E-state index contributed by atoms with van der Waals surface area (Å²) >= 11 is 7.78. The minimum absolute atomic E-state index is 0.245. The van der Waals surface area contributed by atoms with Crippen LogP contribution in [0.15, 0.2) is 23.7 Å². The molecule has 5 nitrogen and oxygen atoms in total. The summed E-state index contributed by atoms with van der Waals surface area (Å²) in [5.41, 5.74) is 1.95. The lowest BCUT2D eigenvalue weighted by atomic mass is 10.0. The highest BCUT2D eigenvalue weighted by atomic mass is 35.5. The predicted octanol–water partition coefficient (Wildman–Crippen LogP) is 4.60. The van der Waals surface area contributed by atoms with Crippen molar-refractivity contribution in [1.82, 2.24) is 0 Å². The number of aliphatic imine (C=N–C) groups is 1. The van der Waals surface area contributed by atoms with E-state index in [1.165, 1.54) is 18.3 Å². The number of halogens is 1. The van der Waals surface area contributed by atoms with E-state index < -0.39 is 5.97 Å². The SMILES string of the molecule is C=CCN=Cc1cc(C)c2c(C(=O)OCC)c(NC(C)=O)sc2c1Cl. The van der Waals surface area contributed by atoms with Crippen LogP contribution in [0.1, 0.15) is 35.3 Å². The van der Waals surface area contributed by atoms with Gasteiger partial charge in [0.2, 0.25) is 5.91 Å². The number of thiophene rings is 1. The monoisotopic (exact) mass is 378 g/mol. The molecule has 25 heavy (non-hydrogen) atoms. The van der Waals surface area contributed by atoms with Crippen molar-refractivity contribution in [1.29, 1.82) is 0 Å². The summed E-state index contributed by atoms with van der Waals surface area (Å²) in [5, 5.41) is 4.32. The Morgan fingerprint density at radius 2 is 2.20 bits per heavy atom. The predicted molar refractivity (Wildman–Crippen MR) is 104 cm³/mol. The standard InChI is InChI=1S/C18H19ClN2O3S/c1-5-7-20-9-12-8-10(3)13-14(18(23)24-6-2)17(21-11(4)22)25-16(13)15(12)19/h5,8-9H,1,6-7H2,2-4H3,(H,21,22). The van der Waals surface area contributed by atoms with Crippen LogP contribution in [-0.4, -0.2) is 31.2 Å². The van der Waals surface area contributed by atoms with Gasteiger partial charge in [0.25, 0.3) is 0 Å². The second kappa shape index (κ2) is 8.27. The minimum atomic E-state index is -0.482. The number of esters is 1. The van der Waals surface area contributed by atoms with Crippen molar-refractivity contribution < 1.29 is 14.3 Å². The lowest BCUT2D eigenvalue weighted by Crippen LogP contribution is -2.11. The summed E-state index contributed by atoms with van der Waals surface area (Å²) in [6.45, 7) is 9.37. The number of carbonyl (C=O) groups excluding carboxylic acids is 2. The summed E-state index contributed by atoms with van der Waals surface area (Å²) in [4.78, 5) is 28.2. The van der Waals surface area contributed by atoms with Gasteiger partial charge in [-0.1, -0.05) is 17.7 Å². The Balaban J connectivity index is 2.72. The summed E-state index contributed by atoms with van der Waals surface area (Å²) in [6, 6.07) is 1.87. The molecular formula is C18H19ClN2O3S. The number of hydrogen-bond acceptors (Lipinski definition) is 5. The highest BCUT2D eigenvalue weighted by Crippen LogP contribution is 2.43. The zero-order valence-electron chi connectivity index (χ0n) is 14.3. The number of hydrogen-bond donors (Lipinski definition) is 1. The average molecular weight is 379 g/mol. The number of amides is 1. The Bertz CT molecular complexity index is 871. The molecule has 2 aromatic rings. The third kappa shape index (κ3) is 4.08. The van der Waals surface area contributed by atoms with Crippen molar-refractivity contribution >= 4 is 56.1 Å². The first-order valence-corrected chi connectivity index (χ1v) is 8.91. The Morgan fingerprint density at radius 3 is 2.80 bits per heavy atom. The molecule has 0 radical (unpaired) electrons. The van der Waals surface area contributed by atoms with E-state index in [1.807, 2.05) is 13.0 Å². The van der Waals surface area contributed by atoms with Gasteiger partial charge >= 0.3 is 5.97 Å². The maximum atomic E-state index is 12.4. The van der Waals surface area contributed by atoms with Crippen LogP contribution in [0.25, 0.3) is 10.1 Å². The van der Waals surface area contributed by atoms with Crippen molar-refractivity contribution in [2.75, 3.05) is 18.5 Å². The van der Waals surface area contributed by atoms with Gasteiger partial charge < -0.3 is 10.1 Å². The van der Waals surface area contributed by atoms with Crippen LogP contribution < -0.4 is 5.32 Å². The average Bonchev–Trinajstić information content (AvgIpc) is 2.91. The van der Waals surface area contributed by atoms with E-state index in [4.69, 9.17) is 16.3 Å². The number of carbonyl (C=O) groups is 2. The van der Waals surface area contributed by atoms with Crippen LogP contribution in [0.4, 0.5) is 5.00 Å². The number of anilines is 1. The number of fused-ring (bicyclic) bond motifs is 1. The van der Waals surface area contributed by atoms with Crippen LogP contribution in [0.5, 0.6) is 0 Å². The topological polar surface area (TPSA) is 67.8 Å². The molecule has 0 atom stereocenters. The molecule has 0 saturated carbocycles. The van der Waals surface area contributed by atoms with Crippen LogP contribution in [0.2, 0.25) is 5.02 Å². The van der Waals surface area contributed by atoms with Crippen LogP contribution >= 0.6 is 22.9 Å². The maximum absolute atomic E-state index is 12.4. The number of rotatable bonds is 6. The largest absolute Gasteiger partial charge is 0.462 e.